The number of carbonyl (C=O) groups is 1. The average molecular weight is 373 g/mol. The molecule has 24 heavy (non-hydrogen) atoms. The number of benzene rings is 2. The number of nitrogens with one attached hydrogen (secondary N) is 2. The van der Waals surface area contributed by atoms with E-state index in [1.54, 1.807) is 6.07 Å². The minimum atomic E-state index is -3.96. The van der Waals surface area contributed by atoms with Gasteiger partial charge in [-0.25, -0.2) is 12.8 Å². The van der Waals surface area contributed by atoms with Crippen molar-refractivity contribution in [2.45, 2.75) is 17.9 Å². The number of amides is 1. The van der Waals surface area contributed by atoms with Gasteiger partial charge in [0.25, 0.3) is 15.9 Å². The quantitative estimate of drug-likeness (QED) is 0.762. The molecule has 9 heteroatoms. The van der Waals surface area contributed by atoms with E-state index in [1.807, 2.05) is 10.3 Å². The lowest BCUT2D eigenvalue weighted by Gasteiger charge is -2.15. The van der Waals surface area contributed by atoms with Crippen molar-refractivity contribution >= 4 is 27.5 Å². The molecule has 128 valence electrons. The molecule has 0 spiro atoms. The smallest absolute Gasteiger partial charge is 0.275 e. The molecule has 6 nitrogen and oxygen atoms in total. The van der Waals surface area contributed by atoms with Crippen molar-refractivity contribution in [1.82, 2.24) is 10.3 Å². The lowest BCUT2D eigenvalue weighted by molar-refractivity contribution is -0.127. The summed E-state index contributed by atoms with van der Waals surface area (Å²) in [6, 6.07) is 11.0. The molecule has 0 saturated heterocycles. The second-order valence-electron chi connectivity index (χ2n) is 4.74. The lowest BCUT2D eigenvalue weighted by Crippen LogP contribution is -2.47. The summed E-state index contributed by atoms with van der Waals surface area (Å²) in [6.45, 7) is 1.36. The predicted octanol–water partition coefficient (Wildman–Crippen LogP) is 2.26. The van der Waals surface area contributed by atoms with Crippen LogP contribution in [0.5, 0.6) is 5.75 Å². The number of rotatable bonds is 6. The maximum atomic E-state index is 13.5. The predicted molar refractivity (Wildman–Crippen MR) is 86.4 cm³/mol. The molecule has 0 unspecified atom stereocenters. The van der Waals surface area contributed by atoms with Gasteiger partial charge >= 0.3 is 0 Å². The first-order valence-corrected chi connectivity index (χ1v) is 8.64. The highest BCUT2D eigenvalue weighted by Crippen LogP contribution is 2.17. The zero-order chi connectivity index (χ0) is 17.7. The number of halogens is 2. The number of hydrazine groups is 1. The molecule has 0 fully saturated rings. The molecule has 2 rings (SSSR count). The Kier molecular flexibility index (Phi) is 5.76. The van der Waals surface area contributed by atoms with Crippen LogP contribution >= 0.6 is 11.6 Å². The molecule has 0 bridgehead atoms. The Labute approximate surface area is 143 Å². The van der Waals surface area contributed by atoms with Crippen LogP contribution in [0.3, 0.4) is 0 Å². The summed E-state index contributed by atoms with van der Waals surface area (Å²) >= 11 is 5.69. The van der Waals surface area contributed by atoms with E-state index < -0.39 is 27.9 Å². The first-order chi connectivity index (χ1) is 11.3. The molecule has 0 saturated carbocycles. The molecule has 0 aromatic heterocycles. The molecule has 2 aromatic carbocycles. The monoisotopic (exact) mass is 372 g/mol. The van der Waals surface area contributed by atoms with Crippen LogP contribution in [0, 0.1) is 5.82 Å². The van der Waals surface area contributed by atoms with E-state index in [0.717, 1.165) is 0 Å². The van der Waals surface area contributed by atoms with Gasteiger partial charge in [0, 0.05) is 5.02 Å². The number of ether oxygens (including phenoxy) is 1. The van der Waals surface area contributed by atoms with Gasteiger partial charge in [-0.2, -0.15) is 0 Å². The van der Waals surface area contributed by atoms with Crippen LogP contribution in [0.4, 0.5) is 4.39 Å². The van der Waals surface area contributed by atoms with Crippen LogP contribution < -0.4 is 15.0 Å². The molecular weight excluding hydrogens is 359 g/mol. The Balaban J connectivity index is 1.97. The second-order valence-corrected chi connectivity index (χ2v) is 6.86. The maximum absolute atomic E-state index is 13.5. The lowest BCUT2D eigenvalue weighted by atomic mass is 10.3. The van der Waals surface area contributed by atoms with Crippen molar-refractivity contribution in [3.63, 3.8) is 0 Å². The van der Waals surface area contributed by atoms with Gasteiger partial charge in [-0.15, -0.1) is 4.83 Å². The van der Waals surface area contributed by atoms with Crippen molar-refractivity contribution in [1.29, 1.82) is 0 Å². The normalized spacial score (nSPS) is 12.5. The SMILES string of the molecule is C[C@H](Oc1ccccc1F)C(=O)NNS(=O)(=O)c1ccc(Cl)cc1. The molecule has 2 aromatic rings. The first-order valence-electron chi connectivity index (χ1n) is 6.78. The van der Waals surface area contributed by atoms with Crippen LogP contribution in [0.1, 0.15) is 6.92 Å². The number of sulfonamides is 1. The van der Waals surface area contributed by atoms with Crippen LogP contribution in [0.15, 0.2) is 53.4 Å². The highest BCUT2D eigenvalue weighted by Gasteiger charge is 2.20. The maximum Gasteiger partial charge on any atom is 0.275 e. The zero-order valence-electron chi connectivity index (χ0n) is 12.5. The summed E-state index contributed by atoms with van der Waals surface area (Å²) in [5, 5.41) is 0.380. The fraction of sp³-hybridized carbons (Fsp3) is 0.133. The molecule has 0 aliphatic carbocycles. The van der Waals surface area contributed by atoms with Gasteiger partial charge in [-0.1, -0.05) is 23.7 Å². The van der Waals surface area contributed by atoms with Crippen molar-refractivity contribution in [3.8, 4) is 5.75 Å². The molecule has 1 amide bonds. The van der Waals surface area contributed by atoms with E-state index >= 15 is 0 Å². The summed E-state index contributed by atoms with van der Waals surface area (Å²) in [5.74, 6) is -1.52. The molecule has 0 radical (unpaired) electrons. The van der Waals surface area contributed by atoms with E-state index in [4.69, 9.17) is 16.3 Å². The van der Waals surface area contributed by atoms with Crippen LogP contribution in [-0.4, -0.2) is 20.4 Å². The van der Waals surface area contributed by atoms with Crippen LogP contribution in [0.25, 0.3) is 0 Å². The van der Waals surface area contributed by atoms with Crippen molar-refractivity contribution < 1.29 is 22.3 Å². The molecule has 2 N–H and O–H groups in total. The molecular formula is C15H14ClFN2O4S. The third kappa shape index (κ3) is 4.67. The van der Waals surface area contributed by atoms with Crippen molar-refractivity contribution in [2.75, 3.05) is 0 Å². The van der Waals surface area contributed by atoms with Crippen LogP contribution in [-0.2, 0) is 14.8 Å². The number of carbonyl (C=O) groups excluding carboxylic acids is 1. The van der Waals surface area contributed by atoms with E-state index in [1.165, 1.54) is 49.4 Å². The average Bonchev–Trinajstić information content (AvgIpc) is 2.55. The number of hydrogen-bond donors (Lipinski definition) is 2. The molecule has 1 atom stereocenters. The minimum Gasteiger partial charge on any atom is -0.478 e. The number of hydrogen-bond acceptors (Lipinski definition) is 4. The highest BCUT2D eigenvalue weighted by molar-refractivity contribution is 7.89. The van der Waals surface area contributed by atoms with E-state index in [9.17, 15) is 17.6 Å². The van der Waals surface area contributed by atoms with Crippen molar-refractivity contribution in [2.24, 2.45) is 0 Å². The summed E-state index contributed by atoms with van der Waals surface area (Å²) < 4.78 is 42.6. The third-order valence-corrected chi connectivity index (χ3v) is 4.46. The Morgan fingerprint density at radius 3 is 2.42 bits per heavy atom. The Hall–Kier alpha value is -2.16. The van der Waals surface area contributed by atoms with Gasteiger partial charge in [0.15, 0.2) is 17.7 Å². The fourth-order valence-corrected chi connectivity index (χ4v) is 2.65. The number of para-hydroxylation sites is 1. The standard InChI is InChI=1S/C15H14ClFN2O4S/c1-10(23-14-5-3-2-4-13(14)17)15(20)18-19-24(21,22)12-8-6-11(16)7-9-12/h2-10,19H,1H3,(H,18,20)/t10-/m0/s1. The van der Waals surface area contributed by atoms with Crippen molar-refractivity contribution in [3.05, 3.63) is 59.4 Å². The Bertz CT molecular complexity index is 828. The van der Waals surface area contributed by atoms with Gasteiger partial charge < -0.3 is 4.74 Å². The Morgan fingerprint density at radius 2 is 1.79 bits per heavy atom. The molecule has 0 heterocycles. The van der Waals surface area contributed by atoms with Gasteiger partial charge in [0.1, 0.15) is 0 Å². The fourth-order valence-electron chi connectivity index (χ4n) is 1.68. The van der Waals surface area contributed by atoms with Gasteiger partial charge in [-0.3, -0.25) is 10.2 Å². The first kappa shape index (κ1) is 18.2. The van der Waals surface area contributed by atoms with Gasteiger partial charge in [0.2, 0.25) is 0 Å². The summed E-state index contributed by atoms with van der Waals surface area (Å²) in [4.78, 5) is 13.7. The third-order valence-electron chi connectivity index (χ3n) is 2.94. The summed E-state index contributed by atoms with van der Waals surface area (Å²) in [5.41, 5.74) is 2.02. The van der Waals surface area contributed by atoms with E-state index in [-0.39, 0.29) is 10.6 Å². The second kappa shape index (κ2) is 7.61. The van der Waals surface area contributed by atoms with Crippen LogP contribution in [0.2, 0.25) is 5.02 Å². The topological polar surface area (TPSA) is 84.5 Å². The van der Waals surface area contributed by atoms with Gasteiger partial charge in [-0.05, 0) is 43.3 Å². The van der Waals surface area contributed by atoms with E-state index in [2.05, 4.69) is 0 Å². The summed E-state index contributed by atoms with van der Waals surface area (Å²) in [6.07, 6.45) is -1.12. The molecule has 0 aliphatic heterocycles. The Morgan fingerprint density at radius 1 is 1.17 bits per heavy atom. The summed E-state index contributed by atoms with van der Waals surface area (Å²) in [7, 11) is -3.96. The molecule has 0 aliphatic rings. The highest BCUT2D eigenvalue weighted by atomic mass is 35.5. The largest absolute Gasteiger partial charge is 0.478 e. The minimum absolute atomic E-state index is 0.0742. The van der Waals surface area contributed by atoms with E-state index in [0.29, 0.717) is 5.02 Å². The zero-order valence-corrected chi connectivity index (χ0v) is 14.1. The van der Waals surface area contributed by atoms with Gasteiger partial charge in [0.05, 0.1) is 4.90 Å².